The maximum atomic E-state index is 12.9. The molecule has 186 valence electrons. The van der Waals surface area contributed by atoms with Gasteiger partial charge in [-0.25, -0.2) is 0 Å². The van der Waals surface area contributed by atoms with Crippen LogP contribution < -0.4 is 16.0 Å². The number of carbonyl (C=O) groups is 3. The monoisotopic (exact) mass is 484 g/mol. The molecule has 0 aliphatic carbocycles. The largest absolute Gasteiger partial charge is 0.376 e. The highest BCUT2D eigenvalue weighted by atomic mass is 16.2. The van der Waals surface area contributed by atoms with Gasteiger partial charge in [-0.05, 0) is 73.7 Å². The van der Waals surface area contributed by atoms with Crippen molar-refractivity contribution in [1.82, 2.24) is 4.90 Å². The standard InChI is InChI=1S/C29H32N4O3/c1-20-9-8-16-33(19-20)29(36)22-14-15-25(21(2)17-22)30-18-27(34)32-26-13-7-6-12-24(26)28(35)31-23-10-4-3-5-11-23/h3-7,10-15,17,20,30H,8-9,16,18-19H2,1-2H3,(H,31,35)(H,32,34). The van der Waals surface area contributed by atoms with Crippen LogP contribution in [0.1, 0.15) is 46.0 Å². The second-order valence-electron chi connectivity index (χ2n) is 9.30. The maximum Gasteiger partial charge on any atom is 0.257 e. The number of nitrogens with one attached hydrogen (secondary N) is 3. The fraction of sp³-hybridized carbons (Fsp3) is 0.276. The Kier molecular flexibility index (Phi) is 8.00. The van der Waals surface area contributed by atoms with Crippen molar-refractivity contribution in [2.24, 2.45) is 5.92 Å². The lowest BCUT2D eigenvalue weighted by Gasteiger charge is -2.31. The molecule has 3 amide bonds. The fourth-order valence-corrected chi connectivity index (χ4v) is 4.43. The summed E-state index contributed by atoms with van der Waals surface area (Å²) in [7, 11) is 0. The predicted octanol–water partition coefficient (Wildman–Crippen LogP) is 5.17. The van der Waals surface area contributed by atoms with Gasteiger partial charge in [-0.15, -0.1) is 0 Å². The molecule has 0 saturated carbocycles. The van der Waals surface area contributed by atoms with Crippen LogP contribution in [-0.4, -0.2) is 42.3 Å². The van der Waals surface area contributed by atoms with E-state index in [4.69, 9.17) is 0 Å². The topological polar surface area (TPSA) is 90.5 Å². The van der Waals surface area contributed by atoms with Gasteiger partial charge in [0.2, 0.25) is 5.91 Å². The highest BCUT2D eigenvalue weighted by Gasteiger charge is 2.22. The lowest BCUT2D eigenvalue weighted by Crippen LogP contribution is -2.39. The zero-order valence-corrected chi connectivity index (χ0v) is 20.7. The highest BCUT2D eigenvalue weighted by Crippen LogP contribution is 2.22. The summed E-state index contributed by atoms with van der Waals surface area (Å²) in [5.41, 5.74) is 3.82. The van der Waals surface area contributed by atoms with Crippen molar-refractivity contribution in [2.75, 3.05) is 35.6 Å². The van der Waals surface area contributed by atoms with Crippen LogP contribution in [0.5, 0.6) is 0 Å². The number of rotatable bonds is 7. The summed E-state index contributed by atoms with van der Waals surface area (Å²) < 4.78 is 0. The fourth-order valence-electron chi connectivity index (χ4n) is 4.43. The van der Waals surface area contributed by atoms with Gasteiger partial charge in [0, 0.05) is 30.0 Å². The van der Waals surface area contributed by atoms with E-state index in [1.54, 1.807) is 42.5 Å². The van der Waals surface area contributed by atoms with Crippen LogP contribution >= 0.6 is 0 Å². The van der Waals surface area contributed by atoms with Crippen molar-refractivity contribution in [2.45, 2.75) is 26.7 Å². The Labute approximate surface area is 211 Å². The summed E-state index contributed by atoms with van der Waals surface area (Å²) in [6, 6.07) is 21.6. The normalized spacial score (nSPS) is 15.2. The summed E-state index contributed by atoms with van der Waals surface area (Å²) in [5, 5.41) is 8.80. The van der Waals surface area contributed by atoms with E-state index in [2.05, 4.69) is 22.9 Å². The molecular formula is C29H32N4O3. The third-order valence-electron chi connectivity index (χ3n) is 6.33. The van der Waals surface area contributed by atoms with Gasteiger partial charge in [0.05, 0.1) is 17.8 Å². The molecule has 1 aliphatic heterocycles. The molecule has 1 saturated heterocycles. The second-order valence-corrected chi connectivity index (χ2v) is 9.30. The van der Waals surface area contributed by atoms with Crippen molar-refractivity contribution < 1.29 is 14.4 Å². The molecular weight excluding hydrogens is 452 g/mol. The van der Waals surface area contributed by atoms with E-state index in [0.29, 0.717) is 28.4 Å². The minimum absolute atomic E-state index is 0.0202. The summed E-state index contributed by atoms with van der Waals surface area (Å²) in [6.45, 7) is 5.71. The first-order valence-corrected chi connectivity index (χ1v) is 12.3. The molecule has 0 spiro atoms. The molecule has 3 aromatic rings. The zero-order valence-electron chi connectivity index (χ0n) is 20.7. The van der Waals surface area contributed by atoms with Crippen LogP contribution in [0, 0.1) is 12.8 Å². The van der Waals surface area contributed by atoms with E-state index in [0.717, 1.165) is 37.2 Å². The number of nitrogens with zero attached hydrogens (tertiary/aromatic N) is 1. The van der Waals surface area contributed by atoms with Crippen molar-refractivity contribution in [3.8, 4) is 0 Å². The van der Waals surface area contributed by atoms with Gasteiger partial charge in [-0.1, -0.05) is 37.3 Å². The average Bonchev–Trinajstić information content (AvgIpc) is 2.88. The number of anilines is 3. The number of piperidine rings is 1. The van der Waals surface area contributed by atoms with Gasteiger partial charge in [0.25, 0.3) is 11.8 Å². The number of likely N-dealkylation sites (tertiary alicyclic amines) is 1. The summed E-state index contributed by atoms with van der Waals surface area (Å²) in [4.78, 5) is 40.2. The van der Waals surface area contributed by atoms with E-state index in [1.165, 1.54) is 0 Å². The quantitative estimate of drug-likeness (QED) is 0.432. The van der Waals surface area contributed by atoms with Crippen LogP contribution in [0.4, 0.5) is 17.1 Å². The highest BCUT2D eigenvalue weighted by molar-refractivity contribution is 6.10. The van der Waals surface area contributed by atoms with Crippen molar-refractivity contribution in [1.29, 1.82) is 0 Å². The summed E-state index contributed by atoms with van der Waals surface area (Å²) in [5.74, 6) is -0.00167. The molecule has 7 nitrogen and oxygen atoms in total. The van der Waals surface area contributed by atoms with Gasteiger partial charge in [-0.3, -0.25) is 14.4 Å². The molecule has 0 aromatic heterocycles. The Balaban J connectivity index is 1.35. The Morgan fingerprint density at radius 3 is 2.42 bits per heavy atom. The Bertz CT molecular complexity index is 1240. The first-order chi connectivity index (χ1) is 17.4. The van der Waals surface area contributed by atoms with Gasteiger partial charge in [0.1, 0.15) is 0 Å². The molecule has 1 aliphatic rings. The Morgan fingerprint density at radius 2 is 1.67 bits per heavy atom. The number of aryl methyl sites for hydroxylation is 1. The lowest BCUT2D eigenvalue weighted by molar-refractivity contribution is -0.114. The van der Waals surface area contributed by atoms with E-state index in [-0.39, 0.29) is 24.3 Å². The molecule has 1 fully saturated rings. The molecule has 3 N–H and O–H groups in total. The summed E-state index contributed by atoms with van der Waals surface area (Å²) in [6.07, 6.45) is 2.20. The molecule has 0 radical (unpaired) electrons. The van der Waals surface area contributed by atoms with Gasteiger partial charge in [0.15, 0.2) is 0 Å². The molecule has 1 heterocycles. The number of para-hydroxylation sites is 2. The number of benzene rings is 3. The van der Waals surface area contributed by atoms with Crippen LogP contribution in [0.25, 0.3) is 0 Å². The minimum Gasteiger partial charge on any atom is -0.376 e. The smallest absolute Gasteiger partial charge is 0.257 e. The predicted molar refractivity (Wildman–Crippen MR) is 143 cm³/mol. The first kappa shape index (κ1) is 25.0. The van der Waals surface area contributed by atoms with Crippen molar-refractivity contribution >= 4 is 34.8 Å². The number of amides is 3. The number of hydrogen-bond acceptors (Lipinski definition) is 4. The average molecular weight is 485 g/mol. The van der Waals surface area contributed by atoms with Crippen molar-refractivity contribution in [3.05, 3.63) is 89.5 Å². The van der Waals surface area contributed by atoms with Crippen LogP contribution in [0.15, 0.2) is 72.8 Å². The molecule has 36 heavy (non-hydrogen) atoms. The SMILES string of the molecule is Cc1cc(C(=O)N2CCCC(C)C2)ccc1NCC(=O)Nc1ccccc1C(=O)Nc1ccccc1. The van der Waals surface area contributed by atoms with Gasteiger partial charge >= 0.3 is 0 Å². The van der Waals surface area contributed by atoms with E-state index in [1.807, 2.05) is 42.2 Å². The molecule has 4 rings (SSSR count). The molecule has 1 unspecified atom stereocenters. The van der Waals surface area contributed by atoms with Crippen LogP contribution in [-0.2, 0) is 4.79 Å². The molecule has 3 aromatic carbocycles. The van der Waals surface area contributed by atoms with E-state index in [9.17, 15) is 14.4 Å². The molecule has 7 heteroatoms. The maximum absolute atomic E-state index is 12.9. The number of carbonyl (C=O) groups excluding carboxylic acids is 3. The molecule has 1 atom stereocenters. The summed E-state index contributed by atoms with van der Waals surface area (Å²) >= 11 is 0. The number of hydrogen-bond donors (Lipinski definition) is 3. The van der Waals surface area contributed by atoms with Crippen LogP contribution in [0.3, 0.4) is 0 Å². The van der Waals surface area contributed by atoms with E-state index < -0.39 is 0 Å². The van der Waals surface area contributed by atoms with Crippen LogP contribution in [0.2, 0.25) is 0 Å². The third kappa shape index (κ3) is 6.30. The zero-order chi connectivity index (χ0) is 25.5. The first-order valence-electron chi connectivity index (χ1n) is 12.3. The third-order valence-corrected chi connectivity index (χ3v) is 6.33. The van der Waals surface area contributed by atoms with Gasteiger partial charge in [-0.2, -0.15) is 0 Å². The second kappa shape index (κ2) is 11.5. The molecule has 0 bridgehead atoms. The van der Waals surface area contributed by atoms with Gasteiger partial charge < -0.3 is 20.9 Å². The Hall–Kier alpha value is -4.13. The van der Waals surface area contributed by atoms with Crippen molar-refractivity contribution in [3.63, 3.8) is 0 Å². The lowest BCUT2D eigenvalue weighted by atomic mass is 9.99. The Morgan fingerprint density at radius 1 is 0.917 bits per heavy atom. The van der Waals surface area contributed by atoms with E-state index >= 15 is 0 Å². The minimum atomic E-state index is -0.302.